The number of rotatable bonds is 8. The fourth-order valence-electron chi connectivity index (χ4n) is 2.29. The summed E-state index contributed by atoms with van der Waals surface area (Å²) in [6.07, 6.45) is 1.14. The smallest absolute Gasteiger partial charge is 0.257 e. The molecule has 1 amide bonds. The number of anilines is 1. The lowest BCUT2D eigenvalue weighted by molar-refractivity contribution is -0.122. The Hall–Kier alpha value is -2.25. The number of nitrogens with zero attached hydrogens (tertiary/aromatic N) is 1. The van der Waals surface area contributed by atoms with E-state index in [-0.39, 0.29) is 19.1 Å². The van der Waals surface area contributed by atoms with Crippen LogP contribution in [0.3, 0.4) is 0 Å². The van der Waals surface area contributed by atoms with E-state index in [0.29, 0.717) is 28.6 Å². The number of benzene rings is 2. The molecule has 8 heteroatoms. The number of hydrogen-bond acceptors (Lipinski definition) is 4. The van der Waals surface area contributed by atoms with Gasteiger partial charge in [-0.25, -0.2) is 8.42 Å². The molecule has 2 rings (SSSR count). The molecule has 0 saturated heterocycles. The number of amides is 1. The lowest BCUT2D eigenvalue weighted by Gasteiger charge is -2.23. The molecule has 0 radical (unpaired) electrons. The Kier molecular flexibility index (Phi) is 6.88. The topological polar surface area (TPSA) is 75.7 Å². The number of carbonyl (C=O) groups is 1. The Morgan fingerprint density at radius 2 is 1.81 bits per heavy atom. The van der Waals surface area contributed by atoms with Crippen molar-refractivity contribution in [3.05, 3.63) is 59.1 Å². The van der Waals surface area contributed by atoms with Gasteiger partial charge in [-0.3, -0.25) is 9.10 Å². The highest BCUT2D eigenvalue weighted by atomic mass is 35.5. The van der Waals surface area contributed by atoms with Gasteiger partial charge in [0.15, 0.2) is 6.61 Å². The minimum atomic E-state index is -3.51. The lowest BCUT2D eigenvalue weighted by Crippen LogP contribution is -2.29. The third-order valence-electron chi connectivity index (χ3n) is 3.54. The fraction of sp³-hybridized carbons (Fsp3) is 0.278. The van der Waals surface area contributed by atoms with E-state index < -0.39 is 10.0 Å². The molecule has 0 fully saturated rings. The molecule has 2 aromatic rings. The van der Waals surface area contributed by atoms with Gasteiger partial charge in [0.25, 0.3) is 5.91 Å². The Balaban J connectivity index is 2.16. The number of halogens is 1. The number of sulfonamides is 1. The van der Waals surface area contributed by atoms with Gasteiger partial charge in [0.1, 0.15) is 5.75 Å². The normalized spacial score (nSPS) is 11.0. The van der Waals surface area contributed by atoms with E-state index in [2.05, 4.69) is 5.32 Å². The molecule has 0 heterocycles. The maximum atomic E-state index is 12.2. The van der Waals surface area contributed by atoms with Crippen LogP contribution in [0.1, 0.15) is 12.5 Å². The van der Waals surface area contributed by atoms with Crippen molar-refractivity contribution < 1.29 is 17.9 Å². The van der Waals surface area contributed by atoms with Gasteiger partial charge in [0.2, 0.25) is 10.0 Å². The van der Waals surface area contributed by atoms with E-state index in [4.69, 9.17) is 16.3 Å². The van der Waals surface area contributed by atoms with Crippen LogP contribution in [0.5, 0.6) is 5.75 Å². The molecular formula is C18H21ClN2O4S. The van der Waals surface area contributed by atoms with Crippen LogP contribution in [-0.2, 0) is 21.4 Å². The zero-order chi connectivity index (χ0) is 19.2. The third kappa shape index (κ3) is 5.64. The zero-order valence-corrected chi connectivity index (χ0v) is 16.2. The van der Waals surface area contributed by atoms with E-state index in [0.717, 1.165) is 6.26 Å². The van der Waals surface area contributed by atoms with Crippen LogP contribution in [0.2, 0.25) is 5.02 Å². The van der Waals surface area contributed by atoms with Crippen molar-refractivity contribution in [3.8, 4) is 5.75 Å². The van der Waals surface area contributed by atoms with E-state index in [9.17, 15) is 13.2 Å². The molecular weight excluding hydrogens is 376 g/mol. The molecule has 0 aromatic heterocycles. The van der Waals surface area contributed by atoms with Crippen molar-refractivity contribution in [2.75, 3.05) is 23.7 Å². The maximum absolute atomic E-state index is 12.2. The number of hydrogen-bond donors (Lipinski definition) is 1. The van der Waals surface area contributed by atoms with Gasteiger partial charge >= 0.3 is 0 Å². The molecule has 26 heavy (non-hydrogen) atoms. The van der Waals surface area contributed by atoms with Gasteiger partial charge in [-0.2, -0.15) is 0 Å². The van der Waals surface area contributed by atoms with Crippen LogP contribution in [-0.4, -0.2) is 33.7 Å². The van der Waals surface area contributed by atoms with E-state index in [1.54, 1.807) is 48.5 Å². The summed E-state index contributed by atoms with van der Waals surface area (Å²) in [7, 11) is -3.51. The summed E-state index contributed by atoms with van der Waals surface area (Å²) >= 11 is 6.15. The predicted molar refractivity (Wildman–Crippen MR) is 103 cm³/mol. The van der Waals surface area contributed by atoms with Crippen LogP contribution in [0, 0.1) is 0 Å². The first-order valence-corrected chi connectivity index (χ1v) is 10.2. The average molecular weight is 397 g/mol. The standard InChI is InChI=1S/C18H21ClN2O4S/c1-3-20-18(22)13-25-16-10-8-15(9-11-16)21(26(2,23)24)12-14-6-4-5-7-17(14)19/h4-11H,3,12-13H2,1-2H3,(H,20,22). The van der Waals surface area contributed by atoms with Crippen LogP contribution in [0.4, 0.5) is 5.69 Å². The summed E-state index contributed by atoms with van der Waals surface area (Å²) in [5.74, 6) is 0.263. The van der Waals surface area contributed by atoms with Gasteiger partial charge < -0.3 is 10.1 Å². The van der Waals surface area contributed by atoms with E-state index in [1.165, 1.54) is 4.31 Å². The lowest BCUT2D eigenvalue weighted by atomic mass is 10.2. The van der Waals surface area contributed by atoms with Crippen molar-refractivity contribution >= 4 is 33.2 Å². The number of carbonyl (C=O) groups excluding carboxylic acids is 1. The van der Waals surface area contributed by atoms with Crippen LogP contribution in [0.15, 0.2) is 48.5 Å². The molecule has 2 aromatic carbocycles. The molecule has 0 bridgehead atoms. The Morgan fingerprint density at radius 3 is 2.38 bits per heavy atom. The first-order valence-electron chi connectivity index (χ1n) is 8.02. The Bertz CT molecular complexity index is 854. The Morgan fingerprint density at radius 1 is 1.15 bits per heavy atom. The van der Waals surface area contributed by atoms with E-state index >= 15 is 0 Å². The molecule has 0 unspecified atom stereocenters. The number of ether oxygens (including phenoxy) is 1. The van der Waals surface area contributed by atoms with Gasteiger partial charge in [-0.15, -0.1) is 0 Å². The Labute approximate surface area is 158 Å². The molecule has 1 N–H and O–H groups in total. The van der Waals surface area contributed by atoms with Crippen molar-refractivity contribution in [2.24, 2.45) is 0 Å². The molecule has 6 nitrogen and oxygen atoms in total. The van der Waals surface area contributed by atoms with Gasteiger partial charge in [-0.1, -0.05) is 29.8 Å². The fourth-order valence-corrected chi connectivity index (χ4v) is 3.36. The zero-order valence-electron chi connectivity index (χ0n) is 14.6. The van der Waals surface area contributed by atoms with Gasteiger partial charge in [0.05, 0.1) is 18.5 Å². The summed E-state index contributed by atoms with van der Waals surface area (Å²) in [5.41, 5.74) is 1.19. The maximum Gasteiger partial charge on any atom is 0.257 e. The number of nitrogens with one attached hydrogen (secondary N) is 1. The van der Waals surface area contributed by atoms with Crippen molar-refractivity contribution in [2.45, 2.75) is 13.5 Å². The quantitative estimate of drug-likeness (QED) is 0.744. The highest BCUT2D eigenvalue weighted by Crippen LogP contribution is 2.26. The summed E-state index contributed by atoms with van der Waals surface area (Å²) in [6.45, 7) is 2.39. The first-order chi connectivity index (χ1) is 12.3. The minimum absolute atomic E-state index is 0.0946. The predicted octanol–water partition coefficient (Wildman–Crippen LogP) is 2.82. The second-order valence-corrected chi connectivity index (χ2v) is 7.91. The molecule has 0 aliphatic carbocycles. The molecule has 0 saturated carbocycles. The largest absolute Gasteiger partial charge is 0.484 e. The highest BCUT2D eigenvalue weighted by Gasteiger charge is 2.19. The minimum Gasteiger partial charge on any atom is -0.484 e. The summed E-state index contributed by atoms with van der Waals surface area (Å²) < 4.78 is 31.1. The van der Waals surface area contributed by atoms with Crippen LogP contribution in [0.25, 0.3) is 0 Å². The summed E-state index contributed by atoms with van der Waals surface area (Å²) in [4.78, 5) is 11.4. The first kappa shape index (κ1) is 20.1. The second-order valence-electron chi connectivity index (χ2n) is 5.60. The third-order valence-corrected chi connectivity index (χ3v) is 5.05. The monoisotopic (exact) mass is 396 g/mol. The van der Waals surface area contributed by atoms with Crippen LogP contribution < -0.4 is 14.4 Å². The molecule has 0 aliphatic heterocycles. The van der Waals surface area contributed by atoms with Crippen LogP contribution >= 0.6 is 11.6 Å². The number of likely N-dealkylation sites (N-methyl/N-ethyl adjacent to an activating group) is 1. The SMILES string of the molecule is CCNC(=O)COc1ccc(N(Cc2ccccc2Cl)S(C)(=O)=O)cc1. The van der Waals surface area contributed by atoms with Crippen molar-refractivity contribution in [1.82, 2.24) is 5.32 Å². The molecule has 0 aliphatic rings. The highest BCUT2D eigenvalue weighted by molar-refractivity contribution is 7.92. The van der Waals surface area contributed by atoms with Gasteiger partial charge in [0, 0.05) is 11.6 Å². The van der Waals surface area contributed by atoms with E-state index in [1.807, 2.05) is 6.92 Å². The second kappa shape index (κ2) is 8.91. The molecule has 140 valence electrons. The average Bonchev–Trinajstić information content (AvgIpc) is 2.59. The van der Waals surface area contributed by atoms with Gasteiger partial charge in [-0.05, 0) is 42.8 Å². The van der Waals surface area contributed by atoms with Crippen molar-refractivity contribution in [3.63, 3.8) is 0 Å². The summed E-state index contributed by atoms with van der Waals surface area (Å²) in [6, 6.07) is 13.6. The summed E-state index contributed by atoms with van der Waals surface area (Å²) in [5, 5.41) is 3.14. The molecule has 0 atom stereocenters. The molecule has 0 spiro atoms. The van der Waals surface area contributed by atoms with Crippen molar-refractivity contribution in [1.29, 1.82) is 0 Å².